The standard InChI is InChI=1S/C18H22N2O5/c1-3-24-15-9-12-8-11(2)25-14(12)10-13(15)19-16(21)6-7-20-17(22)4-5-18(20)23/h9-11H,3-8H2,1-2H3,(H,19,21)/t11-/m0/s1. The van der Waals surface area contributed by atoms with Crippen LogP contribution in [0, 0.1) is 0 Å². The van der Waals surface area contributed by atoms with Crippen LogP contribution in [0.2, 0.25) is 0 Å². The number of carbonyl (C=O) groups is 3. The van der Waals surface area contributed by atoms with Crippen molar-refractivity contribution < 1.29 is 23.9 Å². The summed E-state index contributed by atoms with van der Waals surface area (Å²) in [4.78, 5) is 36.6. The van der Waals surface area contributed by atoms with Gasteiger partial charge in [-0.05, 0) is 19.9 Å². The Bertz CT molecular complexity index is 700. The number of anilines is 1. The number of carbonyl (C=O) groups excluding carboxylic acids is 3. The van der Waals surface area contributed by atoms with Gasteiger partial charge in [0.2, 0.25) is 17.7 Å². The molecule has 1 saturated heterocycles. The quantitative estimate of drug-likeness (QED) is 0.795. The number of ether oxygens (including phenoxy) is 2. The molecule has 2 aliphatic rings. The zero-order chi connectivity index (χ0) is 18.0. The summed E-state index contributed by atoms with van der Waals surface area (Å²) in [6, 6.07) is 3.67. The van der Waals surface area contributed by atoms with Gasteiger partial charge in [-0.3, -0.25) is 19.3 Å². The van der Waals surface area contributed by atoms with Crippen molar-refractivity contribution in [2.24, 2.45) is 0 Å². The first-order valence-electron chi connectivity index (χ1n) is 8.57. The second kappa shape index (κ2) is 7.13. The number of hydrogen-bond donors (Lipinski definition) is 1. The third-order valence-corrected chi connectivity index (χ3v) is 4.29. The molecule has 0 radical (unpaired) electrons. The Morgan fingerprint density at radius 1 is 1.32 bits per heavy atom. The number of likely N-dealkylation sites (tertiary alicyclic amines) is 1. The van der Waals surface area contributed by atoms with E-state index in [1.807, 2.05) is 19.9 Å². The molecule has 0 aliphatic carbocycles. The Balaban J connectivity index is 1.67. The van der Waals surface area contributed by atoms with E-state index in [1.165, 1.54) is 0 Å². The molecule has 0 bridgehead atoms. The first-order valence-corrected chi connectivity index (χ1v) is 8.57. The molecule has 7 heteroatoms. The number of fused-ring (bicyclic) bond motifs is 1. The lowest BCUT2D eigenvalue weighted by Gasteiger charge is -2.15. The highest BCUT2D eigenvalue weighted by Gasteiger charge is 2.29. The molecule has 1 aromatic carbocycles. The van der Waals surface area contributed by atoms with E-state index in [-0.39, 0.29) is 49.6 Å². The fourth-order valence-electron chi connectivity index (χ4n) is 3.11. The van der Waals surface area contributed by atoms with Gasteiger partial charge in [0, 0.05) is 43.9 Å². The molecule has 25 heavy (non-hydrogen) atoms. The number of imide groups is 1. The van der Waals surface area contributed by atoms with Crippen LogP contribution in [0.1, 0.15) is 38.7 Å². The third-order valence-electron chi connectivity index (χ3n) is 4.29. The Labute approximate surface area is 146 Å². The number of rotatable bonds is 6. The zero-order valence-corrected chi connectivity index (χ0v) is 14.5. The molecule has 1 atom stereocenters. The lowest BCUT2D eigenvalue weighted by Crippen LogP contribution is -2.32. The molecule has 3 amide bonds. The SMILES string of the molecule is CCOc1cc2c(cc1NC(=O)CCN1C(=O)CCC1=O)O[C@@H](C)C2. The van der Waals surface area contributed by atoms with Crippen LogP contribution in [-0.2, 0) is 20.8 Å². The van der Waals surface area contributed by atoms with Gasteiger partial charge in [0.25, 0.3) is 0 Å². The van der Waals surface area contributed by atoms with Crippen LogP contribution in [0.25, 0.3) is 0 Å². The van der Waals surface area contributed by atoms with Crippen LogP contribution < -0.4 is 14.8 Å². The van der Waals surface area contributed by atoms with Gasteiger partial charge in [0.15, 0.2) is 0 Å². The second-order valence-corrected chi connectivity index (χ2v) is 6.26. The lowest BCUT2D eigenvalue weighted by atomic mass is 10.1. The number of hydrogen-bond acceptors (Lipinski definition) is 5. The van der Waals surface area contributed by atoms with E-state index in [2.05, 4.69) is 5.32 Å². The van der Waals surface area contributed by atoms with Gasteiger partial charge in [-0.1, -0.05) is 0 Å². The van der Waals surface area contributed by atoms with Crippen LogP contribution in [0.5, 0.6) is 11.5 Å². The van der Waals surface area contributed by atoms with Gasteiger partial charge in [-0.2, -0.15) is 0 Å². The summed E-state index contributed by atoms with van der Waals surface area (Å²) in [6.45, 7) is 4.45. The van der Waals surface area contributed by atoms with Crippen molar-refractivity contribution in [1.29, 1.82) is 0 Å². The maximum Gasteiger partial charge on any atom is 0.229 e. The van der Waals surface area contributed by atoms with Gasteiger partial charge in [-0.15, -0.1) is 0 Å². The van der Waals surface area contributed by atoms with Gasteiger partial charge >= 0.3 is 0 Å². The van der Waals surface area contributed by atoms with Gasteiger partial charge < -0.3 is 14.8 Å². The van der Waals surface area contributed by atoms with Crippen LogP contribution in [-0.4, -0.2) is 41.9 Å². The van der Waals surface area contributed by atoms with Crippen molar-refractivity contribution in [3.63, 3.8) is 0 Å². The molecule has 0 spiro atoms. The Kier molecular flexibility index (Phi) is 4.92. The maximum atomic E-state index is 12.2. The molecule has 0 unspecified atom stereocenters. The van der Waals surface area contributed by atoms with E-state index < -0.39 is 0 Å². The number of amides is 3. The molecule has 0 saturated carbocycles. The number of nitrogens with one attached hydrogen (secondary N) is 1. The summed E-state index contributed by atoms with van der Waals surface area (Å²) in [5.74, 6) is 0.636. The minimum Gasteiger partial charge on any atom is -0.492 e. The maximum absolute atomic E-state index is 12.2. The highest BCUT2D eigenvalue weighted by Crippen LogP contribution is 2.38. The number of nitrogens with zero attached hydrogens (tertiary/aromatic N) is 1. The molecule has 2 aliphatic heterocycles. The second-order valence-electron chi connectivity index (χ2n) is 6.26. The molecule has 2 heterocycles. The molecular formula is C18H22N2O5. The normalized spacial score (nSPS) is 19.0. The molecule has 7 nitrogen and oxygen atoms in total. The summed E-state index contributed by atoms with van der Waals surface area (Å²) in [6.07, 6.45) is 1.42. The van der Waals surface area contributed by atoms with Crippen LogP contribution >= 0.6 is 0 Å². The van der Waals surface area contributed by atoms with E-state index in [0.717, 1.165) is 22.6 Å². The Hall–Kier alpha value is -2.57. The summed E-state index contributed by atoms with van der Waals surface area (Å²) in [5, 5.41) is 2.80. The van der Waals surface area contributed by atoms with Crippen LogP contribution in [0.15, 0.2) is 12.1 Å². The van der Waals surface area contributed by atoms with E-state index in [0.29, 0.717) is 18.0 Å². The Morgan fingerprint density at radius 2 is 2.04 bits per heavy atom. The molecule has 0 aromatic heterocycles. The Morgan fingerprint density at radius 3 is 2.72 bits per heavy atom. The topological polar surface area (TPSA) is 84.9 Å². The summed E-state index contributed by atoms with van der Waals surface area (Å²) in [7, 11) is 0. The van der Waals surface area contributed by atoms with E-state index in [9.17, 15) is 14.4 Å². The van der Waals surface area contributed by atoms with E-state index in [1.54, 1.807) is 6.07 Å². The van der Waals surface area contributed by atoms with Crippen molar-refractivity contribution in [2.45, 2.75) is 45.6 Å². The molecule has 134 valence electrons. The fourth-order valence-corrected chi connectivity index (χ4v) is 3.11. The molecular weight excluding hydrogens is 324 g/mol. The molecule has 1 aromatic rings. The van der Waals surface area contributed by atoms with Crippen molar-refractivity contribution >= 4 is 23.4 Å². The van der Waals surface area contributed by atoms with Crippen molar-refractivity contribution in [3.8, 4) is 11.5 Å². The molecule has 1 N–H and O–H groups in total. The minimum absolute atomic E-state index is 0.0530. The van der Waals surface area contributed by atoms with Crippen molar-refractivity contribution in [1.82, 2.24) is 4.90 Å². The van der Waals surface area contributed by atoms with E-state index >= 15 is 0 Å². The summed E-state index contributed by atoms with van der Waals surface area (Å²) in [5.41, 5.74) is 1.60. The molecule has 3 rings (SSSR count). The minimum atomic E-state index is -0.278. The van der Waals surface area contributed by atoms with Gasteiger partial charge in [-0.25, -0.2) is 0 Å². The van der Waals surface area contributed by atoms with Crippen molar-refractivity contribution in [3.05, 3.63) is 17.7 Å². The average Bonchev–Trinajstić information content (AvgIpc) is 3.07. The highest BCUT2D eigenvalue weighted by molar-refractivity contribution is 6.02. The van der Waals surface area contributed by atoms with Crippen LogP contribution in [0.3, 0.4) is 0 Å². The zero-order valence-electron chi connectivity index (χ0n) is 14.5. The first-order chi connectivity index (χ1) is 12.0. The lowest BCUT2D eigenvalue weighted by molar-refractivity contribution is -0.138. The van der Waals surface area contributed by atoms with Gasteiger partial charge in [0.1, 0.15) is 17.6 Å². The van der Waals surface area contributed by atoms with Crippen molar-refractivity contribution in [2.75, 3.05) is 18.5 Å². The predicted octanol–water partition coefficient (Wildman–Crippen LogP) is 1.89. The van der Waals surface area contributed by atoms with Crippen LogP contribution in [0.4, 0.5) is 5.69 Å². The predicted molar refractivity (Wildman–Crippen MR) is 90.6 cm³/mol. The number of benzene rings is 1. The van der Waals surface area contributed by atoms with E-state index in [4.69, 9.17) is 9.47 Å². The highest BCUT2D eigenvalue weighted by atomic mass is 16.5. The van der Waals surface area contributed by atoms with Gasteiger partial charge in [0.05, 0.1) is 12.3 Å². The first kappa shape index (κ1) is 17.3. The summed E-state index contributed by atoms with van der Waals surface area (Å²) >= 11 is 0. The average molecular weight is 346 g/mol. The largest absolute Gasteiger partial charge is 0.492 e. The third kappa shape index (κ3) is 3.75. The summed E-state index contributed by atoms with van der Waals surface area (Å²) < 4.78 is 11.3. The smallest absolute Gasteiger partial charge is 0.229 e. The fraction of sp³-hybridized carbons (Fsp3) is 0.500. The molecule has 1 fully saturated rings. The monoisotopic (exact) mass is 346 g/mol.